The molecular weight excluding hydrogens is 316 g/mol. The lowest BCUT2D eigenvalue weighted by Gasteiger charge is -2.15. The minimum Gasteiger partial charge on any atom is -0.468 e. The second-order valence-electron chi connectivity index (χ2n) is 4.94. The van der Waals surface area contributed by atoms with E-state index < -0.39 is 5.92 Å². The van der Waals surface area contributed by atoms with E-state index in [-0.39, 0.29) is 24.8 Å². The summed E-state index contributed by atoms with van der Waals surface area (Å²) in [6.45, 7) is 0.170. The van der Waals surface area contributed by atoms with Crippen LogP contribution in [0.4, 0.5) is 0 Å². The van der Waals surface area contributed by atoms with Crippen LogP contribution >= 0.6 is 11.6 Å². The highest BCUT2D eigenvalue weighted by Gasteiger charge is 2.22. The molecule has 6 heteroatoms. The van der Waals surface area contributed by atoms with Crippen LogP contribution in [0.15, 0.2) is 48.7 Å². The molecule has 23 heavy (non-hydrogen) atoms. The summed E-state index contributed by atoms with van der Waals surface area (Å²) in [5, 5.41) is 3.26. The standard InChI is InChI=1S/C17H17ClN2O3/c1-23-17(22)15(12-5-3-2-4-6-12)11-20-16(21)9-14-8-7-13(18)10-19-14/h2-8,10,15H,9,11H2,1H3,(H,20,21)/t15-/m1/s1. The lowest BCUT2D eigenvalue weighted by molar-refractivity contribution is -0.142. The number of nitrogens with one attached hydrogen (secondary N) is 1. The molecule has 1 amide bonds. The van der Waals surface area contributed by atoms with Gasteiger partial charge in [-0.1, -0.05) is 41.9 Å². The molecule has 0 unspecified atom stereocenters. The summed E-state index contributed by atoms with van der Waals surface area (Å²) in [6, 6.07) is 12.6. The number of pyridine rings is 1. The fourth-order valence-corrected chi connectivity index (χ4v) is 2.23. The van der Waals surface area contributed by atoms with E-state index in [1.54, 1.807) is 12.1 Å². The molecule has 1 N–H and O–H groups in total. The molecule has 1 heterocycles. The third-order valence-corrected chi connectivity index (χ3v) is 3.54. The fourth-order valence-electron chi connectivity index (χ4n) is 2.12. The summed E-state index contributed by atoms with van der Waals surface area (Å²) in [6.07, 6.45) is 1.62. The van der Waals surface area contributed by atoms with Crippen molar-refractivity contribution in [3.8, 4) is 0 Å². The molecule has 1 atom stereocenters. The molecule has 5 nitrogen and oxygen atoms in total. The van der Waals surface area contributed by atoms with Crippen LogP contribution in [0.5, 0.6) is 0 Å². The van der Waals surface area contributed by atoms with Crippen molar-refractivity contribution in [3.05, 3.63) is 64.9 Å². The highest BCUT2D eigenvalue weighted by atomic mass is 35.5. The van der Waals surface area contributed by atoms with Crippen molar-refractivity contribution >= 4 is 23.5 Å². The van der Waals surface area contributed by atoms with Gasteiger partial charge in [-0.05, 0) is 17.7 Å². The number of carbonyl (C=O) groups excluding carboxylic acids is 2. The largest absolute Gasteiger partial charge is 0.468 e. The zero-order valence-electron chi connectivity index (χ0n) is 12.7. The molecule has 0 spiro atoms. The summed E-state index contributed by atoms with van der Waals surface area (Å²) in [4.78, 5) is 28.0. The maximum absolute atomic E-state index is 12.0. The Morgan fingerprint density at radius 2 is 1.96 bits per heavy atom. The normalized spacial score (nSPS) is 11.6. The number of rotatable bonds is 6. The van der Waals surface area contributed by atoms with Gasteiger partial charge in [-0.3, -0.25) is 14.6 Å². The number of nitrogens with zero attached hydrogens (tertiary/aromatic N) is 1. The molecule has 1 aromatic carbocycles. The maximum Gasteiger partial charge on any atom is 0.314 e. The fraction of sp³-hybridized carbons (Fsp3) is 0.235. The molecule has 0 bridgehead atoms. The number of carbonyl (C=O) groups is 2. The Bertz CT molecular complexity index is 659. The van der Waals surface area contributed by atoms with E-state index in [4.69, 9.17) is 16.3 Å². The number of hydrogen-bond donors (Lipinski definition) is 1. The summed E-state index contributed by atoms with van der Waals surface area (Å²) in [5.41, 5.74) is 1.41. The Morgan fingerprint density at radius 3 is 2.57 bits per heavy atom. The van der Waals surface area contributed by atoms with E-state index in [2.05, 4.69) is 10.3 Å². The summed E-state index contributed by atoms with van der Waals surface area (Å²) in [5.74, 6) is -1.14. The van der Waals surface area contributed by atoms with Crippen LogP contribution in [0.1, 0.15) is 17.2 Å². The molecule has 120 valence electrons. The minimum atomic E-state index is -0.539. The van der Waals surface area contributed by atoms with Gasteiger partial charge in [0, 0.05) is 18.4 Å². The van der Waals surface area contributed by atoms with Gasteiger partial charge in [0.15, 0.2) is 0 Å². The lowest BCUT2D eigenvalue weighted by Crippen LogP contribution is -2.33. The number of benzene rings is 1. The zero-order chi connectivity index (χ0) is 16.7. The van der Waals surface area contributed by atoms with Crippen molar-refractivity contribution < 1.29 is 14.3 Å². The van der Waals surface area contributed by atoms with Gasteiger partial charge in [0.25, 0.3) is 0 Å². The monoisotopic (exact) mass is 332 g/mol. The van der Waals surface area contributed by atoms with Crippen molar-refractivity contribution in [3.63, 3.8) is 0 Å². The number of esters is 1. The van der Waals surface area contributed by atoms with Crippen LogP contribution < -0.4 is 5.32 Å². The topological polar surface area (TPSA) is 68.3 Å². The molecule has 2 aromatic rings. The SMILES string of the molecule is COC(=O)[C@H](CNC(=O)Cc1ccc(Cl)cn1)c1ccccc1. The van der Waals surface area contributed by atoms with Gasteiger partial charge in [-0.25, -0.2) is 0 Å². The first-order chi connectivity index (χ1) is 11.1. The van der Waals surface area contributed by atoms with Gasteiger partial charge in [-0.2, -0.15) is 0 Å². The number of ether oxygens (including phenoxy) is 1. The van der Waals surface area contributed by atoms with Crippen LogP contribution in [0.3, 0.4) is 0 Å². The Morgan fingerprint density at radius 1 is 1.22 bits per heavy atom. The smallest absolute Gasteiger partial charge is 0.314 e. The van der Waals surface area contributed by atoms with Gasteiger partial charge >= 0.3 is 5.97 Å². The highest BCUT2D eigenvalue weighted by Crippen LogP contribution is 2.16. The van der Waals surface area contributed by atoms with Crippen molar-refractivity contribution in [2.45, 2.75) is 12.3 Å². The minimum absolute atomic E-state index is 0.125. The second kappa shape index (κ2) is 8.29. The Labute approximate surface area is 139 Å². The van der Waals surface area contributed by atoms with Crippen LogP contribution in [-0.4, -0.2) is 30.5 Å². The number of halogens is 1. The second-order valence-corrected chi connectivity index (χ2v) is 5.37. The van der Waals surface area contributed by atoms with E-state index in [0.717, 1.165) is 5.56 Å². The number of methoxy groups -OCH3 is 1. The van der Waals surface area contributed by atoms with Crippen LogP contribution in [0.25, 0.3) is 0 Å². The first-order valence-corrected chi connectivity index (χ1v) is 7.48. The molecule has 2 rings (SSSR count). The predicted molar refractivity (Wildman–Crippen MR) is 87.2 cm³/mol. The molecule has 0 fully saturated rings. The molecule has 0 saturated heterocycles. The maximum atomic E-state index is 12.0. The van der Waals surface area contributed by atoms with Crippen molar-refractivity contribution in [2.75, 3.05) is 13.7 Å². The van der Waals surface area contributed by atoms with Crippen molar-refractivity contribution in [2.24, 2.45) is 0 Å². The van der Waals surface area contributed by atoms with Crippen molar-refractivity contribution in [1.82, 2.24) is 10.3 Å². The third kappa shape index (κ3) is 5.07. The van der Waals surface area contributed by atoms with Gasteiger partial charge in [-0.15, -0.1) is 0 Å². The molecule has 0 aliphatic carbocycles. The van der Waals surface area contributed by atoms with Crippen LogP contribution in [0.2, 0.25) is 5.02 Å². The van der Waals surface area contributed by atoms with Crippen molar-refractivity contribution in [1.29, 1.82) is 0 Å². The molecular formula is C17H17ClN2O3. The van der Waals surface area contributed by atoms with Gasteiger partial charge in [0.05, 0.1) is 24.5 Å². The van der Waals surface area contributed by atoms with Crippen LogP contribution in [-0.2, 0) is 20.7 Å². The molecule has 1 aromatic heterocycles. The average Bonchev–Trinajstić information content (AvgIpc) is 2.58. The van der Waals surface area contributed by atoms with Crippen LogP contribution in [0, 0.1) is 0 Å². The summed E-state index contributed by atoms with van der Waals surface area (Å²) in [7, 11) is 1.33. The highest BCUT2D eigenvalue weighted by molar-refractivity contribution is 6.30. The third-order valence-electron chi connectivity index (χ3n) is 3.32. The van der Waals surface area contributed by atoms with Gasteiger partial charge in [0.2, 0.25) is 5.91 Å². The molecule has 0 aliphatic rings. The Balaban J connectivity index is 1.96. The Hall–Kier alpha value is -2.40. The Kier molecular flexibility index (Phi) is 6.11. The number of aromatic nitrogens is 1. The number of hydrogen-bond acceptors (Lipinski definition) is 4. The first-order valence-electron chi connectivity index (χ1n) is 7.10. The zero-order valence-corrected chi connectivity index (χ0v) is 13.4. The van der Waals surface area contributed by atoms with E-state index in [1.807, 2.05) is 30.3 Å². The number of amides is 1. The molecule has 0 aliphatic heterocycles. The van der Waals surface area contributed by atoms with E-state index in [1.165, 1.54) is 13.3 Å². The predicted octanol–water partition coefficient (Wildman–Crippen LogP) is 2.35. The van der Waals surface area contributed by atoms with E-state index in [9.17, 15) is 9.59 Å². The van der Waals surface area contributed by atoms with E-state index in [0.29, 0.717) is 10.7 Å². The average molecular weight is 333 g/mol. The molecule has 0 saturated carbocycles. The lowest BCUT2D eigenvalue weighted by atomic mass is 9.99. The summed E-state index contributed by atoms with van der Waals surface area (Å²) >= 11 is 5.76. The molecule has 0 radical (unpaired) electrons. The quantitative estimate of drug-likeness (QED) is 0.824. The van der Waals surface area contributed by atoms with Gasteiger partial charge < -0.3 is 10.1 Å². The van der Waals surface area contributed by atoms with Gasteiger partial charge in [0.1, 0.15) is 0 Å². The first kappa shape index (κ1) is 17.0. The van der Waals surface area contributed by atoms with E-state index >= 15 is 0 Å². The summed E-state index contributed by atoms with van der Waals surface area (Å²) < 4.78 is 4.81.